The standard InChI is InChI=1S/C19H24N4OS/c1-13(2)19(5,12-20)22-17(24)11-25-18-21-9-10-23(18)16-8-6-7-14(3)15(16)4/h6-10,13H,11H2,1-5H3,(H,22,24). The molecule has 2 rings (SSSR count). The van der Waals surface area contributed by atoms with Gasteiger partial charge in [0.25, 0.3) is 0 Å². The van der Waals surface area contributed by atoms with Crippen molar-refractivity contribution < 1.29 is 4.79 Å². The average molecular weight is 356 g/mol. The topological polar surface area (TPSA) is 70.7 Å². The van der Waals surface area contributed by atoms with Gasteiger partial charge in [0.05, 0.1) is 17.5 Å². The molecule has 0 spiro atoms. The number of carbonyl (C=O) groups excluding carboxylic acids is 1. The van der Waals surface area contributed by atoms with Crippen LogP contribution in [0.3, 0.4) is 0 Å². The molecule has 1 amide bonds. The first-order valence-corrected chi connectivity index (χ1v) is 9.22. The number of amides is 1. The van der Waals surface area contributed by atoms with E-state index >= 15 is 0 Å². The van der Waals surface area contributed by atoms with Crippen molar-refractivity contribution in [2.24, 2.45) is 5.92 Å². The Balaban J connectivity index is 2.11. The second-order valence-corrected chi connectivity index (χ2v) is 7.55. The number of hydrogen-bond acceptors (Lipinski definition) is 4. The molecule has 132 valence electrons. The van der Waals surface area contributed by atoms with Crippen LogP contribution < -0.4 is 5.32 Å². The number of nitrogens with zero attached hydrogens (tertiary/aromatic N) is 3. The Morgan fingerprint density at radius 1 is 1.44 bits per heavy atom. The van der Waals surface area contributed by atoms with E-state index in [1.807, 2.05) is 36.7 Å². The van der Waals surface area contributed by atoms with Crippen LogP contribution in [0.15, 0.2) is 35.7 Å². The van der Waals surface area contributed by atoms with E-state index in [2.05, 4.69) is 36.3 Å². The van der Waals surface area contributed by atoms with Crippen LogP contribution in [0.1, 0.15) is 31.9 Å². The minimum Gasteiger partial charge on any atom is -0.337 e. The van der Waals surface area contributed by atoms with E-state index in [-0.39, 0.29) is 17.6 Å². The highest BCUT2D eigenvalue weighted by Crippen LogP contribution is 2.24. The van der Waals surface area contributed by atoms with E-state index in [4.69, 9.17) is 0 Å². The molecule has 6 heteroatoms. The van der Waals surface area contributed by atoms with Crippen LogP contribution in [0, 0.1) is 31.1 Å². The number of aryl methyl sites for hydroxylation is 1. The number of hydrogen-bond donors (Lipinski definition) is 1. The third-order valence-electron chi connectivity index (χ3n) is 4.56. The quantitative estimate of drug-likeness (QED) is 0.802. The summed E-state index contributed by atoms with van der Waals surface area (Å²) in [4.78, 5) is 16.6. The molecule has 0 radical (unpaired) electrons. The number of nitrogens with one attached hydrogen (secondary N) is 1. The molecule has 0 saturated carbocycles. The molecule has 1 N–H and O–H groups in total. The minimum atomic E-state index is -0.861. The molecule has 1 aromatic heterocycles. The zero-order chi connectivity index (χ0) is 18.6. The molecule has 0 aliphatic carbocycles. The lowest BCUT2D eigenvalue weighted by Crippen LogP contribution is -2.49. The Morgan fingerprint density at radius 3 is 2.80 bits per heavy atom. The van der Waals surface area contributed by atoms with Gasteiger partial charge in [0.2, 0.25) is 5.91 Å². The van der Waals surface area contributed by atoms with Gasteiger partial charge in [-0.25, -0.2) is 4.98 Å². The summed E-state index contributed by atoms with van der Waals surface area (Å²) >= 11 is 1.36. The molecule has 0 bridgehead atoms. The van der Waals surface area contributed by atoms with Gasteiger partial charge in [-0.15, -0.1) is 0 Å². The summed E-state index contributed by atoms with van der Waals surface area (Å²) in [5.74, 6) is 0.0768. The third-order valence-corrected chi connectivity index (χ3v) is 5.53. The molecule has 5 nitrogen and oxygen atoms in total. The number of carbonyl (C=O) groups is 1. The number of thioether (sulfide) groups is 1. The fraction of sp³-hybridized carbons (Fsp3) is 0.421. The lowest BCUT2D eigenvalue weighted by molar-refractivity contribution is -0.120. The second-order valence-electron chi connectivity index (χ2n) is 6.60. The van der Waals surface area contributed by atoms with Crippen molar-refractivity contribution in [2.75, 3.05) is 5.75 Å². The predicted molar refractivity (Wildman–Crippen MR) is 101 cm³/mol. The zero-order valence-corrected chi connectivity index (χ0v) is 16.1. The Morgan fingerprint density at radius 2 is 2.16 bits per heavy atom. The van der Waals surface area contributed by atoms with E-state index in [0.29, 0.717) is 0 Å². The van der Waals surface area contributed by atoms with E-state index in [1.54, 1.807) is 13.1 Å². The van der Waals surface area contributed by atoms with Crippen LogP contribution in [0.4, 0.5) is 0 Å². The molecule has 1 aromatic carbocycles. The summed E-state index contributed by atoms with van der Waals surface area (Å²) in [7, 11) is 0. The molecule has 25 heavy (non-hydrogen) atoms. The lowest BCUT2D eigenvalue weighted by atomic mass is 9.90. The van der Waals surface area contributed by atoms with Crippen molar-refractivity contribution in [3.05, 3.63) is 41.7 Å². The third kappa shape index (κ3) is 4.23. The number of nitriles is 1. The lowest BCUT2D eigenvalue weighted by Gasteiger charge is -2.27. The highest BCUT2D eigenvalue weighted by atomic mass is 32.2. The Labute approximate surface area is 153 Å². The highest BCUT2D eigenvalue weighted by molar-refractivity contribution is 7.99. The molecule has 2 aromatic rings. The first-order chi connectivity index (χ1) is 11.8. The fourth-order valence-electron chi connectivity index (χ4n) is 2.33. The zero-order valence-electron chi connectivity index (χ0n) is 15.3. The summed E-state index contributed by atoms with van der Waals surface area (Å²) in [6, 6.07) is 8.32. The van der Waals surface area contributed by atoms with Gasteiger partial charge in [0, 0.05) is 12.4 Å². The first kappa shape index (κ1) is 19.1. The van der Waals surface area contributed by atoms with Gasteiger partial charge in [0.15, 0.2) is 5.16 Å². The molecular weight excluding hydrogens is 332 g/mol. The van der Waals surface area contributed by atoms with Crippen LogP contribution in [-0.4, -0.2) is 26.8 Å². The van der Waals surface area contributed by atoms with Gasteiger partial charge in [-0.1, -0.05) is 37.7 Å². The van der Waals surface area contributed by atoms with Gasteiger partial charge >= 0.3 is 0 Å². The average Bonchev–Trinajstić information content (AvgIpc) is 3.03. The van der Waals surface area contributed by atoms with Crippen molar-refractivity contribution >= 4 is 17.7 Å². The monoisotopic (exact) mass is 356 g/mol. The molecule has 0 aliphatic heterocycles. The first-order valence-electron chi connectivity index (χ1n) is 8.23. The summed E-state index contributed by atoms with van der Waals surface area (Å²) in [5, 5.41) is 12.9. The number of benzene rings is 1. The smallest absolute Gasteiger partial charge is 0.231 e. The predicted octanol–water partition coefficient (Wildman–Crippen LogP) is 3.64. The molecule has 1 heterocycles. The van der Waals surface area contributed by atoms with Gasteiger partial charge in [-0.3, -0.25) is 9.36 Å². The van der Waals surface area contributed by atoms with Gasteiger partial charge < -0.3 is 5.32 Å². The number of rotatable bonds is 6. The maximum Gasteiger partial charge on any atom is 0.231 e. The van der Waals surface area contributed by atoms with Crippen molar-refractivity contribution in [2.45, 2.75) is 45.3 Å². The summed E-state index contributed by atoms with van der Waals surface area (Å²) in [5.41, 5.74) is 2.59. The van der Waals surface area contributed by atoms with Crippen LogP contribution in [0.5, 0.6) is 0 Å². The van der Waals surface area contributed by atoms with E-state index < -0.39 is 5.54 Å². The normalized spacial score (nSPS) is 13.3. The van der Waals surface area contributed by atoms with Crippen molar-refractivity contribution in [1.29, 1.82) is 5.26 Å². The van der Waals surface area contributed by atoms with Gasteiger partial charge in [0.1, 0.15) is 5.54 Å². The summed E-state index contributed by atoms with van der Waals surface area (Å²) < 4.78 is 1.99. The van der Waals surface area contributed by atoms with Gasteiger partial charge in [-0.05, 0) is 43.9 Å². The van der Waals surface area contributed by atoms with Crippen molar-refractivity contribution in [3.8, 4) is 11.8 Å². The van der Waals surface area contributed by atoms with Crippen LogP contribution in [0.2, 0.25) is 0 Å². The Kier molecular flexibility index (Phi) is 5.91. The fourth-order valence-corrected chi connectivity index (χ4v) is 3.10. The maximum atomic E-state index is 12.3. The van der Waals surface area contributed by atoms with E-state index in [0.717, 1.165) is 10.8 Å². The van der Waals surface area contributed by atoms with Crippen molar-refractivity contribution in [1.82, 2.24) is 14.9 Å². The van der Waals surface area contributed by atoms with E-state index in [9.17, 15) is 10.1 Å². The second kappa shape index (κ2) is 7.75. The van der Waals surface area contributed by atoms with Crippen LogP contribution >= 0.6 is 11.8 Å². The number of aromatic nitrogens is 2. The van der Waals surface area contributed by atoms with Crippen LogP contribution in [0.25, 0.3) is 5.69 Å². The van der Waals surface area contributed by atoms with Gasteiger partial charge in [-0.2, -0.15) is 5.26 Å². The SMILES string of the molecule is Cc1cccc(-n2ccnc2SCC(=O)NC(C)(C#N)C(C)C)c1C. The maximum absolute atomic E-state index is 12.3. The van der Waals surface area contributed by atoms with Crippen molar-refractivity contribution in [3.63, 3.8) is 0 Å². The Hall–Kier alpha value is -2.26. The largest absolute Gasteiger partial charge is 0.337 e. The van der Waals surface area contributed by atoms with E-state index in [1.165, 1.54) is 22.9 Å². The molecule has 1 unspecified atom stereocenters. The molecule has 0 aliphatic rings. The van der Waals surface area contributed by atoms with Crippen LogP contribution in [-0.2, 0) is 4.79 Å². The summed E-state index contributed by atoms with van der Waals surface area (Å²) in [6.07, 6.45) is 3.63. The number of imidazole rings is 1. The molecular formula is C19H24N4OS. The molecule has 0 fully saturated rings. The molecule has 0 saturated heterocycles. The highest BCUT2D eigenvalue weighted by Gasteiger charge is 2.30. The molecule has 1 atom stereocenters. The Bertz CT molecular complexity index is 806. The summed E-state index contributed by atoms with van der Waals surface area (Å²) in [6.45, 7) is 9.74. The minimum absolute atomic E-state index is 0.0309.